The standard InChI is InChI=1S/C14H24F2N2O/c1-14(15,16)12-5-8-18(9-6-12)13(19)11-4-3-7-17(2)10-11/h11-12H,3-10H2,1-2H3/t11-/m1/s1. The maximum absolute atomic E-state index is 13.2. The van der Waals surface area contributed by atoms with Crippen molar-refractivity contribution < 1.29 is 13.6 Å². The highest BCUT2D eigenvalue weighted by molar-refractivity contribution is 5.79. The minimum absolute atomic E-state index is 0.0671. The van der Waals surface area contributed by atoms with Crippen LogP contribution >= 0.6 is 0 Å². The Labute approximate surface area is 113 Å². The number of carbonyl (C=O) groups excluding carboxylic acids is 1. The normalized spacial score (nSPS) is 27.6. The molecule has 0 unspecified atom stereocenters. The first kappa shape index (κ1) is 14.7. The van der Waals surface area contributed by atoms with Gasteiger partial charge in [-0.1, -0.05) is 0 Å². The van der Waals surface area contributed by atoms with Crippen LogP contribution in [-0.2, 0) is 4.79 Å². The van der Waals surface area contributed by atoms with E-state index in [0.717, 1.165) is 32.9 Å². The molecule has 2 saturated heterocycles. The Hall–Kier alpha value is -0.710. The fourth-order valence-corrected chi connectivity index (χ4v) is 3.23. The molecule has 0 saturated carbocycles. The van der Waals surface area contributed by atoms with E-state index in [1.807, 2.05) is 7.05 Å². The summed E-state index contributed by atoms with van der Waals surface area (Å²) < 4.78 is 26.5. The van der Waals surface area contributed by atoms with Gasteiger partial charge in [-0.05, 0) is 46.2 Å². The molecule has 1 amide bonds. The molecule has 110 valence electrons. The molecule has 0 aromatic heterocycles. The summed E-state index contributed by atoms with van der Waals surface area (Å²) in [6.45, 7) is 3.84. The third-order valence-electron chi connectivity index (χ3n) is 4.50. The molecule has 2 fully saturated rings. The van der Waals surface area contributed by atoms with Crippen molar-refractivity contribution in [1.82, 2.24) is 9.80 Å². The van der Waals surface area contributed by atoms with Gasteiger partial charge in [0.05, 0.1) is 5.92 Å². The van der Waals surface area contributed by atoms with Crippen LogP contribution in [0.2, 0.25) is 0 Å². The van der Waals surface area contributed by atoms with Crippen molar-refractivity contribution in [3.63, 3.8) is 0 Å². The molecular weight excluding hydrogens is 250 g/mol. The molecule has 0 N–H and O–H groups in total. The van der Waals surface area contributed by atoms with Gasteiger partial charge >= 0.3 is 0 Å². The first-order valence-electron chi connectivity index (χ1n) is 7.23. The Morgan fingerprint density at radius 2 is 1.79 bits per heavy atom. The fourth-order valence-electron chi connectivity index (χ4n) is 3.23. The molecule has 2 heterocycles. The van der Waals surface area contributed by atoms with Crippen LogP contribution in [0.3, 0.4) is 0 Å². The minimum atomic E-state index is -2.61. The Morgan fingerprint density at radius 3 is 2.32 bits per heavy atom. The van der Waals surface area contributed by atoms with Crippen LogP contribution in [-0.4, -0.2) is 54.9 Å². The zero-order valence-corrected chi connectivity index (χ0v) is 11.9. The van der Waals surface area contributed by atoms with Gasteiger partial charge in [0.15, 0.2) is 0 Å². The number of rotatable bonds is 2. The van der Waals surface area contributed by atoms with Gasteiger partial charge < -0.3 is 9.80 Å². The number of hydrogen-bond acceptors (Lipinski definition) is 2. The lowest BCUT2D eigenvalue weighted by atomic mass is 9.89. The predicted octanol–water partition coefficient (Wildman–Crippen LogP) is 2.22. The van der Waals surface area contributed by atoms with Gasteiger partial charge in [-0.3, -0.25) is 4.79 Å². The van der Waals surface area contributed by atoms with E-state index in [9.17, 15) is 13.6 Å². The molecule has 5 heteroatoms. The van der Waals surface area contributed by atoms with Crippen LogP contribution in [0.4, 0.5) is 8.78 Å². The lowest BCUT2D eigenvalue weighted by Crippen LogP contribution is -2.48. The second-order valence-corrected chi connectivity index (χ2v) is 6.16. The van der Waals surface area contributed by atoms with E-state index in [4.69, 9.17) is 0 Å². The molecule has 19 heavy (non-hydrogen) atoms. The Kier molecular flexibility index (Phi) is 4.43. The van der Waals surface area contributed by atoms with E-state index >= 15 is 0 Å². The Morgan fingerprint density at radius 1 is 1.16 bits per heavy atom. The van der Waals surface area contributed by atoms with E-state index in [1.54, 1.807) is 4.90 Å². The molecule has 0 aromatic rings. The van der Waals surface area contributed by atoms with Crippen molar-refractivity contribution in [3.8, 4) is 0 Å². The quantitative estimate of drug-likeness (QED) is 0.771. The fraction of sp³-hybridized carbons (Fsp3) is 0.929. The number of piperidine rings is 2. The second kappa shape index (κ2) is 5.73. The second-order valence-electron chi connectivity index (χ2n) is 6.16. The van der Waals surface area contributed by atoms with E-state index in [2.05, 4.69) is 4.90 Å². The van der Waals surface area contributed by atoms with E-state index in [1.165, 1.54) is 0 Å². The number of amides is 1. The molecule has 2 aliphatic heterocycles. The van der Waals surface area contributed by atoms with Crippen LogP contribution in [0.5, 0.6) is 0 Å². The molecule has 1 atom stereocenters. The van der Waals surface area contributed by atoms with Crippen molar-refractivity contribution in [3.05, 3.63) is 0 Å². The van der Waals surface area contributed by atoms with Gasteiger partial charge in [-0.15, -0.1) is 0 Å². The molecule has 0 aromatic carbocycles. The van der Waals surface area contributed by atoms with Crippen molar-refractivity contribution in [2.45, 2.75) is 38.5 Å². The maximum atomic E-state index is 13.2. The van der Waals surface area contributed by atoms with Gasteiger partial charge in [-0.25, -0.2) is 8.78 Å². The van der Waals surface area contributed by atoms with Crippen LogP contribution in [0.1, 0.15) is 32.6 Å². The zero-order valence-electron chi connectivity index (χ0n) is 11.9. The smallest absolute Gasteiger partial charge is 0.248 e. The summed E-state index contributed by atoms with van der Waals surface area (Å²) in [6.07, 6.45) is 2.85. The Bertz CT molecular complexity index is 322. The minimum Gasteiger partial charge on any atom is -0.342 e. The average Bonchev–Trinajstić information content (AvgIpc) is 2.37. The van der Waals surface area contributed by atoms with E-state index < -0.39 is 11.8 Å². The topological polar surface area (TPSA) is 23.6 Å². The summed E-state index contributed by atoms with van der Waals surface area (Å²) in [5.74, 6) is -2.94. The van der Waals surface area contributed by atoms with E-state index in [-0.39, 0.29) is 11.8 Å². The average molecular weight is 274 g/mol. The van der Waals surface area contributed by atoms with Gasteiger partial charge in [0.1, 0.15) is 0 Å². The number of carbonyl (C=O) groups is 1. The summed E-state index contributed by atoms with van der Waals surface area (Å²) >= 11 is 0. The summed E-state index contributed by atoms with van der Waals surface area (Å²) in [5, 5.41) is 0. The number of alkyl halides is 2. The number of hydrogen-bond donors (Lipinski definition) is 0. The largest absolute Gasteiger partial charge is 0.342 e. The molecule has 3 nitrogen and oxygen atoms in total. The van der Waals surface area contributed by atoms with Crippen LogP contribution in [0, 0.1) is 11.8 Å². The highest BCUT2D eigenvalue weighted by atomic mass is 19.3. The van der Waals surface area contributed by atoms with Gasteiger partial charge in [-0.2, -0.15) is 0 Å². The first-order chi connectivity index (χ1) is 8.88. The first-order valence-corrected chi connectivity index (χ1v) is 7.23. The lowest BCUT2D eigenvalue weighted by Gasteiger charge is -2.38. The molecule has 0 spiro atoms. The van der Waals surface area contributed by atoms with Crippen LogP contribution in [0.15, 0.2) is 0 Å². The predicted molar refractivity (Wildman–Crippen MR) is 70.1 cm³/mol. The monoisotopic (exact) mass is 274 g/mol. The molecular formula is C14H24F2N2O. The van der Waals surface area contributed by atoms with Crippen LogP contribution < -0.4 is 0 Å². The number of nitrogens with zero attached hydrogens (tertiary/aromatic N) is 2. The highest BCUT2D eigenvalue weighted by Crippen LogP contribution is 2.33. The third-order valence-corrected chi connectivity index (χ3v) is 4.50. The van der Waals surface area contributed by atoms with Crippen molar-refractivity contribution in [1.29, 1.82) is 0 Å². The van der Waals surface area contributed by atoms with Crippen LogP contribution in [0.25, 0.3) is 0 Å². The van der Waals surface area contributed by atoms with Gasteiger partial charge in [0.25, 0.3) is 0 Å². The lowest BCUT2D eigenvalue weighted by molar-refractivity contribution is -0.141. The van der Waals surface area contributed by atoms with Gasteiger partial charge in [0, 0.05) is 25.6 Å². The maximum Gasteiger partial charge on any atom is 0.248 e. The van der Waals surface area contributed by atoms with Crippen molar-refractivity contribution in [2.75, 3.05) is 33.2 Å². The zero-order chi connectivity index (χ0) is 14.0. The highest BCUT2D eigenvalue weighted by Gasteiger charge is 2.38. The molecule has 2 rings (SSSR count). The molecule has 0 radical (unpaired) electrons. The molecule has 0 aliphatic carbocycles. The summed E-state index contributed by atoms with van der Waals surface area (Å²) in [5.41, 5.74) is 0. The van der Waals surface area contributed by atoms with E-state index in [0.29, 0.717) is 25.9 Å². The summed E-state index contributed by atoms with van der Waals surface area (Å²) in [4.78, 5) is 16.3. The number of halogens is 2. The molecule has 2 aliphatic rings. The van der Waals surface area contributed by atoms with Crippen molar-refractivity contribution in [2.24, 2.45) is 11.8 Å². The third kappa shape index (κ3) is 3.65. The number of likely N-dealkylation sites (tertiary alicyclic amines) is 2. The molecule has 0 bridgehead atoms. The summed E-state index contributed by atoms with van der Waals surface area (Å²) in [6, 6.07) is 0. The van der Waals surface area contributed by atoms with Crippen molar-refractivity contribution >= 4 is 5.91 Å². The summed E-state index contributed by atoms with van der Waals surface area (Å²) in [7, 11) is 2.03. The SMILES string of the molecule is CN1CCC[C@@H](C(=O)N2CCC(C(C)(F)F)CC2)C1. The van der Waals surface area contributed by atoms with Gasteiger partial charge in [0.2, 0.25) is 11.8 Å². The Balaban J connectivity index is 1.85.